The Labute approximate surface area is 227 Å². The van der Waals surface area contributed by atoms with Gasteiger partial charge in [-0.15, -0.1) is 5.10 Å². The van der Waals surface area contributed by atoms with Crippen molar-refractivity contribution >= 4 is 10.9 Å². The van der Waals surface area contributed by atoms with Crippen LogP contribution in [0.5, 0.6) is 5.75 Å². The molecule has 1 aliphatic carbocycles. The van der Waals surface area contributed by atoms with Gasteiger partial charge in [-0.05, 0) is 97.0 Å². The molecular formula is C30H35FN6O2. The molecule has 1 saturated heterocycles. The number of ether oxygens (including phenoxy) is 1. The van der Waals surface area contributed by atoms with Gasteiger partial charge < -0.3 is 9.72 Å². The summed E-state index contributed by atoms with van der Waals surface area (Å²) < 4.78 is 21.0. The SMILES string of the molecule is CCOc1ccc2[nH]c(=O)c([C@@H](c3nnnn3Cc3ccc(F)cc3)N3CCCC4(CCCCC4)C3)cc2c1. The summed E-state index contributed by atoms with van der Waals surface area (Å²) in [4.78, 5) is 19.2. The minimum Gasteiger partial charge on any atom is -0.494 e. The van der Waals surface area contributed by atoms with Crippen LogP contribution in [0.1, 0.15) is 74.9 Å². The number of aromatic amines is 1. The van der Waals surface area contributed by atoms with Gasteiger partial charge in [-0.2, -0.15) is 0 Å². The van der Waals surface area contributed by atoms with Gasteiger partial charge in [0.1, 0.15) is 17.6 Å². The Balaban J connectivity index is 1.45. The largest absolute Gasteiger partial charge is 0.494 e. The second-order valence-electron chi connectivity index (χ2n) is 11.1. The van der Waals surface area contributed by atoms with Crippen LogP contribution in [0.15, 0.2) is 53.3 Å². The zero-order valence-corrected chi connectivity index (χ0v) is 22.4. The van der Waals surface area contributed by atoms with E-state index in [0.717, 1.165) is 41.7 Å². The van der Waals surface area contributed by atoms with Crippen molar-refractivity contribution in [1.29, 1.82) is 0 Å². The highest BCUT2D eigenvalue weighted by atomic mass is 19.1. The number of piperidine rings is 1. The predicted molar refractivity (Wildman–Crippen MR) is 147 cm³/mol. The summed E-state index contributed by atoms with van der Waals surface area (Å²) in [6.07, 6.45) is 8.58. The molecule has 0 amide bonds. The molecular weight excluding hydrogens is 495 g/mol. The third kappa shape index (κ3) is 5.32. The van der Waals surface area contributed by atoms with Crippen LogP contribution in [0, 0.1) is 11.2 Å². The van der Waals surface area contributed by atoms with Crippen LogP contribution in [-0.2, 0) is 6.54 Å². The fourth-order valence-corrected chi connectivity index (χ4v) is 6.62. The number of hydrogen-bond acceptors (Lipinski definition) is 6. The molecule has 2 aromatic heterocycles. The number of halogens is 1. The van der Waals surface area contributed by atoms with Gasteiger partial charge in [0.15, 0.2) is 5.82 Å². The van der Waals surface area contributed by atoms with Crippen LogP contribution >= 0.6 is 0 Å². The molecule has 0 unspecified atom stereocenters. The van der Waals surface area contributed by atoms with Crippen LogP contribution in [-0.4, -0.2) is 49.8 Å². The molecule has 1 spiro atoms. The van der Waals surface area contributed by atoms with Crippen molar-refractivity contribution in [3.8, 4) is 5.75 Å². The predicted octanol–water partition coefficient (Wildman–Crippen LogP) is 5.24. The summed E-state index contributed by atoms with van der Waals surface area (Å²) in [6.45, 7) is 4.69. The van der Waals surface area contributed by atoms with E-state index in [9.17, 15) is 9.18 Å². The molecule has 1 atom stereocenters. The number of H-pyrrole nitrogens is 1. The summed E-state index contributed by atoms with van der Waals surface area (Å²) in [5.41, 5.74) is 2.41. The number of nitrogens with one attached hydrogen (secondary N) is 1. The van der Waals surface area contributed by atoms with E-state index in [1.165, 1.54) is 50.7 Å². The second kappa shape index (κ2) is 10.9. The smallest absolute Gasteiger partial charge is 0.253 e. The van der Waals surface area contributed by atoms with E-state index in [0.29, 0.717) is 24.5 Å². The Hall–Kier alpha value is -3.59. The van der Waals surface area contributed by atoms with Crippen LogP contribution < -0.4 is 10.3 Å². The molecule has 2 aromatic carbocycles. The maximum absolute atomic E-state index is 13.7. The summed E-state index contributed by atoms with van der Waals surface area (Å²) >= 11 is 0. The molecule has 39 heavy (non-hydrogen) atoms. The maximum atomic E-state index is 13.7. The standard InChI is InChI=1S/C30H35FN6O2/c1-2-39-24-11-12-26-22(17-24)18-25(29(38)32-26)27(36-16-6-15-30(20-36)13-4-3-5-14-30)28-33-34-35-37(28)19-21-7-9-23(31)10-8-21/h7-12,17-18,27H,2-6,13-16,19-20H2,1H3,(H,32,38)/t27-/m0/s1. The van der Waals surface area contributed by atoms with Crippen molar-refractivity contribution in [3.63, 3.8) is 0 Å². The number of hydrogen-bond donors (Lipinski definition) is 1. The number of rotatable bonds is 7. The lowest BCUT2D eigenvalue weighted by molar-refractivity contribution is 0.0340. The first kappa shape index (κ1) is 25.7. The third-order valence-electron chi connectivity index (χ3n) is 8.47. The van der Waals surface area contributed by atoms with E-state index >= 15 is 0 Å². The third-order valence-corrected chi connectivity index (χ3v) is 8.47. The molecule has 3 heterocycles. The fraction of sp³-hybridized carbons (Fsp3) is 0.467. The van der Waals surface area contributed by atoms with Gasteiger partial charge in [0, 0.05) is 23.0 Å². The van der Waals surface area contributed by atoms with E-state index in [1.54, 1.807) is 16.8 Å². The number of likely N-dealkylation sites (tertiary alicyclic amines) is 1. The number of nitrogens with zero attached hydrogens (tertiary/aromatic N) is 5. The normalized spacial score (nSPS) is 18.4. The average molecular weight is 531 g/mol. The Morgan fingerprint density at radius 3 is 2.64 bits per heavy atom. The van der Waals surface area contributed by atoms with Gasteiger partial charge in [-0.25, -0.2) is 9.07 Å². The maximum Gasteiger partial charge on any atom is 0.253 e. The Morgan fingerprint density at radius 1 is 1.05 bits per heavy atom. The Bertz CT molecular complexity index is 1490. The zero-order chi connectivity index (χ0) is 26.8. The number of benzene rings is 2. The molecule has 9 heteroatoms. The molecule has 0 radical (unpaired) electrons. The Kier molecular flexibility index (Phi) is 7.16. The van der Waals surface area contributed by atoms with E-state index in [1.807, 2.05) is 31.2 Å². The molecule has 2 fully saturated rings. The van der Waals surface area contributed by atoms with Gasteiger partial charge in [-0.1, -0.05) is 31.4 Å². The molecule has 204 valence electrons. The van der Waals surface area contributed by atoms with Crippen molar-refractivity contribution in [3.05, 3.63) is 81.7 Å². The van der Waals surface area contributed by atoms with Crippen molar-refractivity contribution in [2.75, 3.05) is 19.7 Å². The molecule has 8 nitrogen and oxygen atoms in total. The van der Waals surface area contributed by atoms with E-state index in [2.05, 4.69) is 25.4 Å². The van der Waals surface area contributed by atoms with Gasteiger partial charge in [-0.3, -0.25) is 9.69 Å². The molecule has 4 aromatic rings. The van der Waals surface area contributed by atoms with E-state index in [-0.39, 0.29) is 16.8 Å². The average Bonchev–Trinajstić information content (AvgIpc) is 3.39. The molecule has 6 rings (SSSR count). The molecule has 1 saturated carbocycles. The first-order valence-electron chi connectivity index (χ1n) is 14.1. The monoisotopic (exact) mass is 530 g/mol. The van der Waals surface area contributed by atoms with Crippen LogP contribution in [0.4, 0.5) is 4.39 Å². The summed E-state index contributed by atoms with van der Waals surface area (Å²) in [5.74, 6) is 1.10. The fourth-order valence-electron chi connectivity index (χ4n) is 6.62. The summed E-state index contributed by atoms with van der Waals surface area (Å²) in [5, 5.41) is 13.8. The second-order valence-corrected chi connectivity index (χ2v) is 11.1. The van der Waals surface area contributed by atoms with Gasteiger partial charge in [0.25, 0.3) is 5.56 Å². The highest BCUT2D eigenvalue weighted by molar-refractivity contribution is 5.80. The number of aromatic nitrogens is 5. The molecule has 1 N–H and O–H groups in total. The Morgan fingerprint density at radius 2 is 1.85 bits per heavy atom. The van der Waals surface area contributed by atoms with Crippen molar-refractivity contribution in [2.45, 2.75) is 64.5 Å². The number of pyridine rings is 1. The van der Waals surface area contributed by atoms with E-state index in [4.69, 9.17) is 4.74 Å². The number of fused-ring (bicyclic) bond motifs is 1. The van der Waals surface area contributed by atoms with Crippen molar-refractivity contribution in [2.24, 2.45) is 5.41 Å². The van der Waals surface area contributed by atoms with Gasteiger partial charge >= 0.3 is 0 Å². The van der Waals surface area contributed by atoms with Crippen molar-refractivity contribution < 1.29 is 9.13 Å². The van der Waals surface area contributed by atoms with Crippen LogP contribution in [0.25, 0.3) is 10.9 Å². The highest BCUT2D eigenvalue weighted by Crippen LogP contribution is 2.45. The minimum absolute atomic E-state index is 0.142. The van der Waals surface area contributed by atoms with Gasteiger partial charge in [0.2, 0.25) is 0 Å². The van der Waals surface area contributed by atoms with Crippen LogP contribution in [0.2, 0.25) is 0 Å². The first-order chi connectivity index (χ1) is 19.0. The van der Waals surface area contributed by atoms with E-state index < -0.39 is 6.04 Å². The lowest BCUT2D eigenvalue weighted by Crippen LogP contribution is -2.47. The van der Waals surface area contributed by atoms with Crippen molar-refractivity contribution in [1.82, 2.24) is 30.1 Å². The molecule has 0 bridgehead atoms. The quantitative estimate of drug-likeness (QED) is 0.352. The van der Waals surface area contributed by atoms with Gasteiger partial charge in [0.05, 0.1) is 13.2 Å². The lowest BCUT2D eigenvalue weighted by atomic mass is 9.69. The summed E-state index contributed by atoms with van der Waals surface area (Å²) in [6, 6.07) is 13.7. The first-order valence-corrected chi connectivity index (χ1v) is 14.1. The number of tetrazole rings is 1. The zero-order valence-electron chi connectivity index (χ0n) is 22.4. The lowest BCUT2D eigenvalue weighted by Gasteiger charge is -2.47. The summed E-state index contributed by atoms with van der Waals surface area (Å²) in [7, 11) is 0. The topological polar surface area (TPSA) is 88.9 Å². The minimum atomic E-state index is -0.413. The van der Waals surface area contributed by atoms with Crippen LogP contribution in [0.3, 0.4) is 0 Å². The molecule has 1 aliphatic heterocycles. The molecule has 2 aliphatic rings. The highest BCUT2D eigenvalue weighted by Gasteiger charge is 2.41.